The van der Waals surface area contributed by atoms with Crippen molar-refractivity contribution in [1.29, 1.82) is 0 Å². The second kappa shape index (κ2) is 5.04. The lowest BCUT2D eigenvalue weighted by Gasteiger charge is -2.36. The Hall–Kier alpha value is -1.23. The molecule has 1 fully saturated rings. The zero-order valence-corrected chi connectivity index (χ0v) is 11.9. The molecule has 102 valence electrons. The van der Waals surface area contributed by atoms with Crippen LogP contribution in [0.15, 0.2) is 29.5 Å². The molecule has 1 aliphatic rings. The summed E-state index contributed by atoms with van der Waals surface area (Å²) in [6.45, 7) is 0.775. The van der Waals surface area contributed by atoms with E-state index in [1.54, 1.807) is 16.8 Å². The second-order valence-corrected chi connectivity index (χ2v) is 5.93. The lowest BCUT2D eigenvalue weighted by molar-refractivity contribution is 0.188. The molecule has 2 aromatic rings. The van der Waals surface area contributed by atoms with Crippen LogP contribution in [0, 0.1) is 5.41 Å². The molecule has 4 nitrogen and oxygen atoms in total. The number of thiol groups is 1. The Morgan fingerprint density at radius 3 is 2.79 bits per heavy atom. The largest absolute Gasteiger partial charge is 0.312 e. The quantitative estimate of drug-likeness (QED) is 0.875. The minimum absolute atomic E-state index is 0.0479. The highest BCUT2D eigenvalue weighted by atomic mass is 32.1. The molecule has 0 bridgehead atoms. The van der Waals surface area contributed by atoms with E-state index in [2.05, 4.69) is 17.7 Å². The lowest BCUT2D eigenvalue weighted by Crippen LogP contribution is -2.35. The molecule has 19 heavy (non-hydrogen) atoms. The summed E-state index contributed by atoms with van der Waals surface area (Å²) < 4.78 is 3.46. The highest BCUT2D eigenvalue weighted by Crippen LogP contribution is 2.38. The molecule has 0 radical (unpaired) electrons. The van der Waals surface area contributed by atoms with Gasteiger partial charge in [0.1, 0.15) is 5.52 Å². The van der Waals surface area contributed by atoms with Crippen LogP contribution < -0.4 is 5.56 Å². The topological polar surface area (TPSA) is 39.3 Å². The van der Waals surface area contributed by atoms with Crippen LogP contribution in [0.2, 0.25) is 0 Å². The smallest absolute Gasteiger partial charge is 0.276 e. The molecule has 0 unspecified atom stereocenters. The van der Waals surface area contributed by atoms with E-state index >= 15 is 0 Å². The van der Waals surface area contributed by atoms with Gasteiger partial charge in [-0.15, -0.1) is 0 Å². The zero-order chi connectivity index (χ0) is 13.3. The molecule has 2 aromatic heterocycles. The number of hydrogen-bond acceptors (Lipinski definition) is 3. The van der Waals surface area contributed by atoms with E-state index in [1.807, 2.05) is 17.0 Å². The molecule has 5 heteroatoms. The Kier molecular flexibility index (Phi) is 3.39. The van der Waals surface area contributed by atoms with Crippen molar-refractivity contribution in [2.24, 2.45) is 5.41 Å². The van der Waals surface area contributed by atoms with Crippen molar-refractivity contribution in [1.82, 2.24) is 14.2 Å². The minimum Gasteiger partial charge on any atom is -0.312 e. The van der Waals surface area contributed by atoms with Crippen molar-refractivity contribution in [2.75, 3.05) is 5.75 Å². The van der Waals surface area contributed by atoms with Gasteiger partial charge in [-0.1, -0.05) is 19.3 Å². The molecule has 0 aromatic carbocycles. The molecule has 1 aliphatic carbocycles. The Morgan fingerprint density at radius 2 is 2.05 bits per heavy atom. The number of nitrogens with zero attached hydrogens (tertiary/aromatic N) is 3. The fourth-order valence-corrected chi connectivity index (χ4v) is 3.53. The molecule has 3 rings (SSSR count). The minimum atomic E-state index is 0.0479. The van der Waals surface area contributed by atoms with Gasteiger partial charge in [0.2, 0.25) is 0 Å². The molecule has 0 aliphatic heterocycles. The first-order valence-corrected chi connectivity index (χ1v) is 7.51. The van der Waals surface area contributed by atoms with E-state index in [0.717, 1.165) is 12.3 Å². The summed E-state index contributed by atoms with van der Waals surface area (Å²) in [5.74, 6) is 0.851. The van der Waals surface area contributed by atoms with Crippen LogP contribution >= 0.6 is 12.6 Å². The van der Waals surface area contributed by atoms with Gasteiger partial charge in [-0.25, -0.2) is 4.52 Å². The lowest BCUT2D eigenvalue weighted by atomic mass is 9.75. The average Bonchev–Trinajstić information content (AvgIpc) is 2.92. The van der Waals surface area contributed by atoms with Crippen molar-refractivity contribution >= 4 is 18.1 Å². The predicted molar refractivity (Wildman–Crippen MR) is 78.8 cm³/mol. The molecule has 2 heterocycles. The van der Waals surface area contributed by atoms with Crippen LogP contribution in [0.4, 0.5) is 0 Å². The van der Waals surface area contributed by atoms with Gasteiger partial charge >= 0.3 is 0 Å². The summed E-state index contributed by atoms with van der Waals surface area (Å²) >= 11 is 4.54. The summed E-state index contributed by atoms with van der Waals surface area (Å²) in [7, 11) is 0. The molecule has 0 saturated heterocycles. The third-order valence-corrected chi connectivity index (χ3v) is 4.96. The predicted octanol–water partition coefficient (Wildman–Crippen LogP) is 2.38. The summed E-state index contributed by atoms with van der Waals surface area (Å²) in [4.78, 5) is 12.4. The maximum Gasteiger partial charge on any atom is 0.276 e. The van der Waals surface area contributed by atoms with Crippen LogP contribution in [0.3, 0.4) is 0 Å². The number of aromatic nitrogens is 3. The molecule has 0 amide bonds. The third-order valence-electron chi connectivity index (χ3n) is 4.29. The number of rotatable bonds is 3. The summed E-state index contributed by atoms with van der Waals surface area (Å²) in [5.41, 5.74) is 0.878. The normalized spacial score (nSPS) is 18.8. The van der Waals surface area contributed by atoms with Gasteiger partial charge in [0, 0.05) is 18.9 Å². The van der Waals surface area contributed by atoms with E-state index in [-0.39, 0.29) is 11.0 Å². The van der Waals surface area contributed by atoms with Crippen LogP contribution in [-0.2, 0) is 6.54 Å². The standard InChI is InChI=1S/C14H19N3OS/c18-13-12-4-7-15-17(12)9-8-16(13)10-14(11-19)5-2-1-3-6-14/h4,7-9,19H,1-3,5-6,10-11H2. The van der Waals surface area contributed by atoms with Crippen molar-refractivity contribution < 1.29 is 0 Å². The van der Waals surface area contributed by atoms with E-state index < -0.39 is 0 Å². The number of fused-ring (bicyclic) bond motifs is 1. The maximum absolute atomic E-state index is 12.4. The van der Waals surface area contributed by atoms with Gasteiger partial charge < -0.3 is 4.57 Å². The van der Waals surface area contributed by atoms with Crippen LogP contribution in [0.1, 0.15) is 32.1 Å². The van der Waals surface area contributed by atoms with Crippen LogP contribution in [-0.4, -0.2) is 19.9 Å². The van der Waals surface area contributed by atoms with Gasteiger partial charge in [-0.05, 0) is 30.1 Å². The SMILES string of the molecule is O=c1c2ccnn2ccn1CC1(CS)CCCCC1. The van der Waals surface area contributed by atoms with E-state index in [1.165, 1.54) is 32.1 Å². The fraction of sp³-hybridized carbons (Fsp3) is 0.571. The fourth-order valence-electron chi connectivity index (χ4n) is 3.11. The Balaban J connectivity index is 1.95. The van der Waals surface area contributed by atoms with Crippen molar-refractivity contribution in [3.63, 3.8) is 0 Å². The van der Waals surface area contributed by atoms with E-state index in [0.29, 0.717) is 5.52 Å². The highest BCUT2D eigenvalue weighted by Gasteiger charge is 2.31. The van der Waals surface area contributed by atoms with Gasteiger partial charge in [0.15, 0.2) is 0 Å². The average molecular weight is 277 g/mol. The summed E-state index contributed by atoms with van der Waals surface area (Å²) in [5, 5.41) is 4.09. The first-order chi connectivity index (χ1) is 9.24. The van der Waals surface area contributed by atoms with E-state index in [4.69, 9.17) is 0 Å². The molecule has 1 saturated carbocycles. The van der Waals surface area contributed by atoms with Crippen molar-refractivity contribution in [3.05, 3.63) is 35.0 Å². The second-order valence-electron chi connectivity index (χ2n) is 5.61. The summed E-state index contributed by atoms with van der Waals surface area (Å²) in [6.07, 6.45) is 11.5. The Labute approximate surface area is 117 Å². The third kappa shape index (κ3) is 2.31. The van der Waals surface area contributed by atoms with Gasteiger partial charge in [0.25, 0.3) is 5.56 Å². The van der Waals surface area contributed by atoms with Gasteiger partial charge in [0.05, 0.1) is 6.20 Å². The number of hydrogen-bond donors (Lipinski definition) is 1. The van der Waals surface area contributed by atoms with Gasteiger partial charge in [-0.3, -0.25) is 4.79 Å². The van der Waals surface area contributed by atoms with Crippen LogP contribution in [0.25, 0.3) is 5.52 Å². The first-order valence-electron chi connectivity index (χ1n) is 6.88. The maximum atomic E-state index is 12.4. The molecule has 0 atom stereocenters. The molecular formula is C14H19N3OS. The Bertz CT molecular complexity index is 625. The summed E-state index contributed by atoms with van der Waals surface area (Å²) in [6, 6.07) is 1.77. The van der Waals surface area contributed by atoms with Crippen LogP contribution in [0.5, 0.6) is 0 Å². The van der Waals surface area contributed by atoms with Crippen molar-refractivity contribution in [3.8, 4) is 0 Å². The van der Waals surface area contributed by atoms with E-state index in [9.17, 15) is 4.79 Å². The zero-order valence-electron chi connectivity index (χ0n) is 11.0. The first kappa shape index (κ1) is 12.8. The molecule has 0 N–H and O–H groups in total. The van der Waals surface area contributed by atoms with Gasteiger partial charge in [-0.2, -0.15) is 17.7 Å². The van der Waals surface area contributed by atoms with Crippen molar-refractivity contribution in [2.45, 2.75) is 38.6 Å². The molecule has 0 spiro atoms. The monoisotopic (exact) mass is 277 g/mol. The Morgan fingerprint density at radius 1 is 1.26 bits per heavy atom. The highest BCUT2D eigenvalue weighted by molar-refractivity contribution is 7.80. The molecular weight excluding hydrogens is 258 g/mol.